The Morgan fingerprint density at radius 2 is 0.850 bits per heavy atom. The number of para-hydroxylation sites is 2. The first-order chi connectivity index (χ1) is 9.77. The summed E-state index contributed by atoms with van der Waals surface area (Å²) in [6.07, 6.45) is 0. The molecule has 0 saturated heterocycles. The van der Waals surface area contributed by atoms with Gasteiger partial charge in [0.25, 0.3) is 11.1 Å². The van der Waals surface area contributed by atoms with Crippen molar-refractivity contribution in [3.05, 3.63) is 93.5 Å². The van der Waals surface area contributed by atoms with E-state index in [1.54, 1.807) is 24.3 Å². The van der Waals surface area contributed by atoms with E-state index in [0.29, 0.717) is 11.4 Å². The number of hydrogen-bond donors (Lipinski definition) is 0. The minimum atomic E-state index is -0.250. The molecule has 3 aromatic rings. The van der Waals surface area contributed by atoms with Gasteiger partial charge in [-0.2, -0.15) is 0 Å². The van der Waals surface area contributed by atoms with Crippen LogP contribution in [-0.4, -0.2) is 9.36 Å². The zero-order chi connectivity index (χ0) is 13.9. The molecule has 0 atom stereocenters. The molecule has 0 spiro atoms. The summed E-state index contributed by atoms with van der Waals surface area (Å²) in [5.74, 6) is 0. The minimum Gasteiger partial charge on any atom is -0.267 e. The number of benzene rings is 2. The number of hydrogen-bond acceptors (Lipinski definition) is 2. The highest BCUT2D eigenvalue weighted by molar-refractivity contribution is 5.35. The summed E-state index contributed by atoms with van der Waals surface area (Å²) in [7, 11) is 0. The topological polar surface area (TPSA) is 44.0 Å². The molecule has 1 heterocycles. The van der Waals surface area contributed by atoms with Gasteiger partial charge in [0.05, 0.1) is 11.4 Å². The van der Waals surface area contributed by atoms with Crippen molar-refractivity contribution in [2.75, 3.05) is 0 Å². The first-order valence-electron chi connectivity index (χ1n) is 6.23. The summed E-state index contributed by atoms with van der Waals surface area (Å²) >= 11 is 0. The second kappa shape index (κ2) is 5.01. The van der Waals surface area contributed by atoms with Crippen LogP contribution in [0.25, 0.3) is 11.4 Å². The molecule has 0 aliphatic rings. The zero-order valence-corrected chi connectivity index (χ0v) is 10.6. The smallest absolute Gasteiger partial charge is 0.267 e. The van der Waals surface area contributed by atoms with Gasteiger partial charge < -0.3 is 0 Å². The van der Waals surface area contributed by atoms with E-state index in [-0.39, 0.29) is 11.1 Å². The van der Waals surface area contributed by atoms with E-state index in [9.17, 15) is 9.59 Å². The molecule has 2 aromatic carbocycles. The summed E-state index contributed by atoms with van der Waals surface area (Å²) in [5.41, 5.74) is 0.803. The van der Waals surface area contributed by atoms with Crippen LogP contribution in [0.3, 0.4) is 0 Å². The number of aromatic nitrogens is 2. The van der Waals surface area contributed by atoms with E-state index >= 15 is 0 Å². The highest BCUT2D eigenvalue weighted by Gasteiger charge is 2.08. The van der Waals surface area contributed by atoms with E-state index in [0.717, 1.165) is 0 Å². The number of rotatable bonds is 2. The Morgan fingerprint density at radius 3 is 1.20 bits per heavy atom. The molecule has 3 rings (SSSR count). The molecule has 98 valence electrons. The van der Waals surface area contributed by atoms with Gasteiger partial charge in [0.2, 0.25) is 0 Å². The normalized spacial score (nSPS) is 10.4. The fourth-order valence-corrected chi connectivity index (χ4v) is 2.10. The third-order valence-corrected chi connectivity index (χ3v) is 2.99. The summed E-state index contributed by atoms with van der Waals surface area (Å²) in [6, 6.07) is 20.8. The lowest BCUT2D eigenvalue weighted by molar-refractivity contribution is 0.665. The maximum absolute atomic E-state index is 12.2. The van der Waals surface area contributed by atoms with Crippen molar-refractivity contribution in [1.82, 2.24) is 9.36 Å². The van der Waals surface area contributed by atoms with Gasteiger partial charge in [0.15, 0.2) is 0 Å². The molecule has 0 radical (unpaired) electrons. The third kappa shape index (κ3) is 2.07. The standard InChI is InChI=1S/C16H12N2O2/c19-15-11-12-16(20)18(14-9-5-2-6-10-14)17(15)13-7-3-1-4-8-13/h1-12H. The molecule has 0 aliphatic carbocycles. The largest absolute Gasteiger partial charge is 0.270 e. The summed E-state index contributed by atoms with van der Waals surface area (Å²) in [6.45, 7) is 0. The first-order valence-corrected chi connectivity index (χ1v) is 6.23. The molecule has 0 amide bonds. The Labute approximate surface area is 115 Å². The lowest BCUT2D eigenvalue weighted by Gasteiger charge is -2.14. The molecule has 4 heteroatoms. The van der Waals surface area contributed by atoms with Crippen molar-refractivity contribution in [3.63, 3.8) is 0 Å². The van der Waals surface area contributed by atoms with Crippen LogP contribution in [0.2, 0.25) is 0 Å². The van der Waals surface area contributed by atoms with E-state index in [1.165, 1.54) is 21.5 Å². The fourth-order valence-electron chi connectivity index (χ4n) is 2.10. The SMILES string of the molecule is O=c1ccc(=O)n(-c2ccccc2)n1-c1ccccc1. The average Bonchev–Trinajstić information content (AvgIpc) is 2.51. The average molecular weight is 264 g/mol. The summed E-state index contributed by atoms with van der Waals surface area (Å²) in [5, 5.41) is 0. The zero-order valence-electron chi connectivity index (χ0n) is 10.6. The van der Waals surface area contributed by atoms with Crippen molar-refractivity contribution < 1.29 is 0 Å². The maximum atomic E-state index is 12.2. The van der Waals surface area contributed by atoms with E-state index in [1.807, 2.05) is 36.4 Å². The van der Waals surface area contributed by atoms with Crippen LogP contribution < -0.4 is 11.1 Å². The molecule has 0 unspecified atom stereocenters. The minimum absolute atomic E-state index is 0.250. The van der Waals surface area contributed by atoms with Gasteiger partial charge in [-0.05, 0) is 24.3 Å². The Morgan fingerprint density at radius 1 is 0.500 bits per heavy atom. The Bertz CT molecular complexity index is 761. The molecule has 4 nitrogen and oxygen atoms in total. The van der Waals surface area contributed by atoms with Crippen LogP contribution in [0.5, 0.6) is 0 Å². The molecule has 0 saturated carbocycles. The fraction of sp³-hybridized carbons (Fsp3) is 0. The monoisotopic (exact) mass is 264 g/mol. The van der Waals surface area contributed by atoms with Crippen molar-refractivity contribution in [3.8, 4) is 11.4 Å². The second-order valence-electron chi connectivity index (χ2n) is 4.30. The van der Waals surface area contributed by atoms with Crippen molar-refractivity contribution in [2.45, 2.75) is 0 Å². The van der Waals surface area contributed by atoms with Crippen molar-refractivity contribution in [1.29, 1.82) is 0 Å². The molecular weight excluding hydrogens is 252 g/mol. The van der Waals surface area contributed by atoms with Crippen LogP contribution >= 0.6 is 0 Å². The molecule has 0 fully saturated rings. The molecule has 20 heavy (non-hydrogen) atoms. The maximum Gasteiger partial charge on any atom is 0.270 e. The van der Waals surface area contributed by atoms with Crippen molar-refractivity contribution >= 4 is 0 Å². The Balaban J connectivity index is 2.38. The van der Waals surface area contributed by atoms with Gasteiger partial charge in [0, 0.05) is 12.1 Å². The van der Waals surface area contributed by atoms with Gasteiger partial charge in [-0.3, -0.25) is 9.59 Å². The van der Waals surface area contributed by atoms with Crippen LogP contribution in [0.15, 0.2) is 82.4 Å². The predicted octanol–water partition coefficient (Wildman–Crippen LogP) is 1.99. The summed E-state index contributed by atoms with van der Waals surface area (Å²) < 4.78 is 2.75. The van der Waals surface area contributed by atoms with Crippen LogP contribution in [-0.2, 0) is 0 Å². The van der Waals surface area contributed by atoms with E-state index in [4.69, 9.17) is 0 Å². The molecule has 0 aliphatic heterocycles. The lowest BCUT2D eigenvalue weighted by Crippen LogP contribution is -2.35. The highest BCUT2D eigenvalue weighted by Crippen LogP contribution is 2.08. The molecule has 0 N–H and O–H groups in total. The van der Waals surface area contributed by atoms with Crippen LogP contribution in [0.1, 0.15) is 0 Å². The molecule has 1 aromatic heterocycles. The van der Waals surface area contributed by atoms with E-state index < -0.39 is 0 Å². The van der Waals surface area contributed by atoms with Gasteiger partial charge >= 0.3 is 0 Å². The van der Waals surface area contributed by atoms with E-state index in [2.05, 4.69) is 0 Å². The van der Waals surface area contributed by atoms with Crippen LogP contribution in [0.4, 0.5) is 0 Å². The highest BCUT2D eigenvalue weighted by atomic mass is 16.2. The lowest BCUT2D eigenvalue weighted by atomic mass is 10.3. The van der Waals surface area contributed by atoms with Gasteiger partial charge in [0.1, 0.15) is 0 Å². The Kier molecular flexibility index (Phi) is 3.05. The summed E-state index contributed by atoms with van der Waals surface area (Å²) in [4.78, 5) is 24.3. The number of nitrogens with zero attached hydrogens (tertiary/aromatic N) is 2. The van der Waals surface area contributed by atoms with Gasteiger partial charge in [-0.25, -0.2) is 9.36 Å². The molecule has 0 bridgehead atoms. The van der Waals surface area contributed by atoms with Gasteiger partial charge in [-0.15, -0.1) is 0 Å². The third-order valence-electron chi connectivity index (χ3n) is 2.99. The molecular formula is C16H12N2O2. The Hall–Kier alpha value is -2.88. The second-order valence-corrected chi connectivity index (χ2v) is 4.30. The quantitative estimate of drug-likeness (QED) is 0.710. The predicted molar refractivity (Wildman–Crippen MR) is 77.6 cm³/mol. The van der Waals surface area contributed by atoms with Crippen molar-refractivity contribution in [2.24, 2.45) is 0 Å². The first kappa shape index (κ1) is 12.2. The van der Waals surface area contributed by atoms with Crippen LogP contribution in [0, 0.1) is 0 Å². The van der Waals surface area contributed by atoms with Gasteiger partial charge in [-0.1, -0.05) is 36.4 Å².